The molecule has 1 aromatic rings. The molecule has 0 saturated carbocycles. The molecule has 10 heteroatoms. The van der Waals surface area contributed by atoms with Crippen LogP contribution in [0.5, 0.6) is 0 Å². The largest absolute Gasteiger partial charge is 0.310 e. The van der Waals surface area contributed by atoms with Crippen LogP contribution in [0.1, 0.15) is 31.9 Å². The van der Waals surface area contributed by atoms with Crippen molar-refractivity contribution >= 4 is 31.2 Å². The van der Waals surface area contributed by atoms with Gasteiger partial charge in [0.05, 0.1) is 5.25 Å². The van der Waals surface area contributed by atoms with Gasteiger partial charge in [-0.05, 0) is 26.0 Å². The van der Waals surface area contributed by atoms with E-state index in [9.17, 15) is 16.8 Å². The number of primary sulfonamides is 1. The number of nitrogens with two attached hydrogens (primary N) is 1. The zero-order chi connectivity index (χ0) is 14.4. The van der Waals surface area contributed by atoms with E-state index in [2.05, 4.69) is 5.32 Å². The quantitative estimate of drug-likeness (QED) is 0.755. The smallest absolute Gasteiger partial charge is 0.247 e. The zero-order valence-corrected chi connectivity index (χ0v) is 16.4. The molecule has 2 heterocycles. The van der Waals surface area contributed by atoms with Gasteiger partial charge in [-0.3, -0.25) is 0 Å². The van der Waals surface area contributed by atoms with Gasteiger partial charge in [0.1, 0.15) is 8.42 Å². The minimum absolute atomic E-state index is 0. The molecule has 1 aliphatic rings. The Morgan fingerprint density at radius 2 is 2.10 bits per heavy atom. The van der Waals surface area contributed by atoms with Crippen molar-refractivity contribution in [3.8, 4) is 0 Å². The fourth-order valence-electron chi connectivity index (χ4n) is 2.18. The molecule has 0 aromatic carbocycles. The second kappa shape index (κ2) is 6.40. The third kappa shape index (κ3) is 3.34. The predicted molar refractivity (Wildman–Crippen MR) is 73.4 cm³/mol. The van der Waals surface area contributed by atoms with E-state index >= 15 is 0 Å². The van der Waals surface area contributed by atoms with Gasteiger partial charge in [0.25, 0.3) is 0 Å². The maximum atomic E-state index is 12.2. The van der Waals surface area contributed by atoms with Crippen molar-refractivity contribution in [1.29, 1.82) is 0 Å². The second-order valence-corrected chi connectivity index (χ2v) is 9.96. The molecule has 0 spiro atoms. The van der Waals surface area contributed by atoms with Crippen molar-refractivity contribution in [1.82, 2.24) is 5.32 Å². The van der Waals surface area contributed by atoms with Gasteiger partial charge in [-0.15, -0.1) is 11.3 Å². The van der Waals surface area contributed by atoms with E-state index in [0.29, 0.717) is 18.5 Å². The Morgan fingerprint density at radius 1 is 1.50 bits per heavy atom. The first-order valence-corrected chi connectivity index (χ1v) is 9.72. The Balaban J connectivity index is 0.00000200. The summed E-state index contributed by atoms with van der Waals surface area (Å²) in [4.78, 5) is 0. The number of sulfonamides is 1. The van der Waals surface area contributed by atoms with Crippen LogP contribution in [-0.4, -0.2) is 28.6 Å². The molecule has 3 N–H and O–H groups in total. The van der Waals surface area contributed by atoms with Crippen LogP contribution in [0.25, 0.3) is 0 Å². The molecule has 1 aliphatic heterocycles. The summed E-state index contributed by atoms with van der Waals surface area (Å²) in [5, 5.41) is 7.73. The molecule has 1 aromatic heterocycles. The molecule has 111 valence electrons. The number of thiophene rings is 1. The van der Waals surface area contributed by atoms with Gasteiger partial charge in [-0.2, -0.15) is 0 Å². The average molecular weight is 413 g/mol. The molecule has 0 bridgehead atoms. The van der Waals surface area contributed by atoms with Crippen LogP contribution < -0.4 is 10.5 Å². The van der Waals surface area contributed by atoms with E-state index in [1.165, 1.54) is 6.07 Å². The van der Waals surface area contributed by atoms with Gasteiger partial charge < -0.3 is 5.32 Å². The fraction of sp³-hybridized carbons (Fsp3) is 0.600. The molecule has 0 saturated heterocycles. The summed E-state index contributed by atoms with van der Waals surface area (Å²) < 4.78 is 47.3. The normalized spacial score (nSPS) is 24.8. The Bertz CT molecular complexity index is 696. The van der Waals surface area contributed by atoms with E-state index in [1.807, 2.05) is 6.92 Å². The van der Waals surface area contributed by atoms with Gasteiger partial charge in [-0.25, -0.2) is 22.0 Å². The number of sulfone groups is 1. The Labute approximate surface area is 148 Å². The first kappa shape index (κ1) is 18.7. The molecule has 0 aliphatic carbocycles. The van der Waals surface area contributed by atoms with Crippen LogP contribution in [0, 0.1) is 0 Å². The van der Waals surface area contributed by atoms with Crippen LogP contribution in [0.3, 0.4) is 0 Å². The van der Waals surface area contributed by atoms with Crippen molar-refractivity contribution in [2.24, 2.45) is 5.14 Å². The number of hydrogen-bond acceptors (Lipinski definition) is 6. The topological polar surface area (TPSA) is 106 Å². The Morgan fingerprint density at radius 3 is 2.60 bits per heavy atom. The molecule has 6 nitrogen and oxygen atoms in total. The predicted octanol–water partition coefficient (Wildman–Crippen LogP) is 0.610. The van der Waals surface area contributed by atoms with Crippen molar-refractivity contribution in [3.05, 3.63) is 11.6 Å². The van der Waals surface area contributed by atoms with Gasteiger partial charge in [0.15, 0.2) is 9.84 Å². The summed E-state index contributed by atoms with van der Waals surface area (Å²) in [5.74, 6) is 0. The number of nitrogens with one attached hydrogen (secondary N) is 1. The first-order valence-electron chi connectivity index (χ1n) is 5.81. The van der Waals surface area contributed by atoms with E-state index in [4.69, 9.17) is 5.14 Å². The summed E-state index contributed by atoms with van der Waals surface area (Å²) >= 11 is 0.742. The van der Waals surface area contributed by atoms with Gasteiger partial charge in [0.2, 0.25) is 10.0 Å². The molecule has 0 unspecified atom stereocenters. The number of hydrogen-bond donors (Lipinski definition) is 2. The maximum Gasteiger partial charge on any atom is 0.247 e. The molecule has 2 rings (SSSR count). The van der Waals surface area contributed by atoms with E-state index in [0.717, 1.165) is 11.3 Å². The van der Waals surface area contributed by atoms with E-state index < -0.39 is 25.1 Å². The van der Waals surface area contributed by atoms with Gasteiger partial charge in [-0.1, -0.05) is 6.92 Å². The molecule has 1 radical (unpaired) electrons. The fourth-order valence-corrected chi connectivity index (χ4v) is 6.60. The molecule has 0 fully saturated rings. The van der Waals surface area contributed by atoms with Crippen LogP contribution in [0.2, 0.25) is 0 Å². The van der Waals surface area contributed by atoms with Crippen molar-refractivity contribution in [3.63, 3.8) is 0 Å². The molecular formula is C10H16N2O4S3Y. The van der Waals surface area contributed by atoms with Crippen LogP contribution in [0.15, 0.2) is 14.5 Å². The monoisotopic (exact) mass is 413 g/mol. The minimum Gasteiger partial charge on any atom is -0.310 e. The first-order chi connectivity index (χ1) is 8.67. The molecule has 20 heavy (non-hydrogen) atoms. The Kier molecular flexibility index (Phi) is 5.97. The van der Waals surface area contributed by atoms with Crippen LogP contribution in [0.4, 0.5) is 0 Å². The van der Waals surface area contributed by atoms with Crippen molar-refractivity contribution in [2.75, 3.05) is 6.54 Å². The molecule has 2 atom stereocenters. The third-order valence-electron chi connectivity index (χ3n) is 3.16. The van der Waals surface area contributed by atoms with E-state index in [-0.39, 0.29) is 47.2 Å². The standard InChI is InChI=1S/C10H16N2O4S3.Y/c1-3-12-8-4-6(2)18(13,14)10-7(8)5-9(17-10)19(11,15)16;/h5-6,8,12H,3-4H2,1-2H3,(H2,11,15,16);/t6-,8-;/m0./s1. The zero-order valence-electron chi connectivity index (χ0n) is 11.2. The van der Waals surface area contributed by atoms with Crippen molar-refractivity contribution in [2.45, 2.75) is 40.0 Å². The second-order valence-electron chi connectivity index (χ2n) is 4.55. The average Bonchev–Trinajstić information content (AvgIpc) is 2.72. The maximum absolute atomic E-state index is 12.2. The van der Waals surface area contributed by atoms with Gasteiger partial charge >= 0.3 is 0 Å². The van der Waals surface area contributed by atoms with Crippen LogP contribution in [-0.2, 0) is 52.6 Å². The summed E-state index contributed by atoms with van der Waals surface area (Å²) in [6.45, 7) is 4.23. The van der Waals surface area contributed by atoms with Crippen LogP contribution >= 0.6 is 11.3 Å². The molecular weight excluding hydrogens is 397 g/mol. The Hall–Kier alpha value is 0.624. The summed E-state index contributed by atoms with van der Waals surface area (Å²) in [6.07, 6.45) is 0.434. The van der Waals surface area contributed by atoms with Gasteiger partial charge in [0, 0.05) is 44.3 Å². The molecule has 0 amide bonds. The summed E-state index contributed by atoms with van der Waals surface area (Å²) in [6, 6.07) is 1.23. The van der Waals surface area contributed by atoms with Crippen molar-refractivity contribution < 1.29 is 49.5 Å². The minimum atomic E-state index is -3.88. The number of fused-ring (bicyclic) bond motifs is 1. The third-order valence-corrected chi connectivity index (χ3v) is 8.48. The SMILES string of the molecule is CCN[C@H]1C[C@H](C)S(=O)(=O)c2sc(S(N)(=O)=O)cc21.[Y]. The summed E-state index contributed by atoms with van der Waals surface area (Å²) in [7, 11) is -7.33. The number of rotatable bonds is 3. The van der Waals surface area contributed by atoms with E-state index in [1.54, 1.807) is 6.92 Å². The summed E-state index contributed by atoms with van der Waals surface area (Å²) in [5.41, 5.74) is 0.522.